The summed E-state index contributed by atoms with van der Waals surface area (Å²) in [6.07, 6.45) is 0. The lowest BCUT2D eigenvalue weighted by Crippen LogP contribution is -2.29. The van der Waals surface area contributed by atoms with E-state index in [1.165, 1.54) is 11.3 Å². The highest BCUT2D eigenvalue weighted by atomic mass is 79.9. The van der Waals surface area contributed by atoms with Crippen molar-refractivity contribution in [2.45, 2.75) is 6.04 Å². The summed E-state index contributed by atoms with van der Waals surface area (Å²) in [6.45, 7) is 0. The summed E-state index contributed by atoms with van der Waals surface area (Å²) in [7, 11) is 0. The Morgan fingerprint density at radius 3 is 2.76 bits per heavy atom. The Labute approximate surface area is 116 Å². The van der Waals surface area contributed by atoms with Crippen molar-refractivity contribution in [3.05, 3.63) is 55.4 Å². The predicted octanol–water partition coefficient (Wildman–Crippen LogP) is 3.86. The van der Waals surface area contributed by atoms with Gasteiger partial charge in [0.15, 0.2) is 0 Å². The van der Waals surface area contributed by atoms with Crippen molar-refractivity contribution >= 4 is 38.9 Å². The number of thiophene rings is 1. The number of halogens is 3. The average Bonchev–Trinajstić information content (AvgIpc) is 2.84. The molecule has 2 aromatic rings. The fourth-order valence-corrected chi connectivity index (χ4v) is 2.73. The quantitative estimate of drug-likeness (QED) is 0.508. The number of hydrogen-bond donors (Lipinski definition) is 2. The molecule has 0 aliphatic carbocycles. The SMILES string of the molecule is NNC(c1ccsc1)c1ccc(Br)c(Cl)c1F. The maximum absolute atomic E-state index is 14.0. The Bertz CT molecular complexity index is 518. The molecule has 90 valence electrons. The van der Waals surface area contributed by atoms with Crippen LogP contribution in [0.1, 0.15) is 17.2 Å². The first-order valence-corrected chi connectivity index (χ1v) is 6.88. The molecule has 1 unspecified atom stereocenters. The van der Waals surface area contributed by atoms with E-state index in [1.54, 1.807) is 12.1 Å². The molecule has 0 fully saturated rings. The summed E-state index contributed by atoms with van der Waals surface area (Å²) in [6, 6.07) is 4.86. The summed E-state index contributed by atoms with van der Waals surface area (Å²) in [5.41, 5.74) is 3.94. The minimum absolute atomic E-state index is 0.0676. The summed E-state index contributed by atoms with van der Waals surface area (Å²) in [4.78, 5) is 0. The molecule has 0 saturated carbocycles. The molecule has 0 spiro atoms. The highest BCUT2D eigenvalue weighted by Crippen LogP contribution is 2.33. The Balaban J connectivity index is 2.49. The fraction of sp³-hybridized carbons (Fsp3) is 0.0909. The lowest BCUT2D eigenvalue weighted by atomic mass is 10.0. The number of nitrogens with two attached hydrogens (primary N) is 1. The molecular weight excluding hydrogens is 327 g/mol. The Hall–Kier alpha value is -0.460. The third kappa shape index (κ3) is 2.53. The number of nitrogens with one attached hydrogen (secondary N) is 1. The van der Waals surface area contributed by atoms with Gasteiger partial charge < -0.3 is 0 Å². The molecular formula is C11H9BrClFN2S. The lowest BCUT2D eigenvalue weighted by molar-refractivity contribution is 0.560. The first-order chi connectivity index (χ1) is 8.15. The van der Waals surface area contributed by atoms with Crippen molar-refractivity contribution in [3.63, 3.8) is 0 Å². The summed E-state index contributed by atoms with van der Waals surface area (Å²) in [5.74, 6) is 5.02. The van der Waals surface area contributed by atoms with E-state index in [9.17, 15) is 4.39 Å². The van der Waals surface area contributed by atoms with Gasteiger partial charge in [-0.1, -0.05) is 17.7 Å². The Morgan fingerprint density at radius 1 is 1.41 bits per heavy atom. The topological polar surface area (TPSA) is 38.0 Å². The van der Waals surface area contributed by atoms with Crippen LogP contribution in [0, 0.1) is 5.82 Å². The van der Waals surface area contributed by atoms with Crippen LogP contribution in [-0.2, 0) is 0 Å². The monoisotopic (exact) mass is 334 g/mol. The molecule has 17 heavy (non-hydrogen) atoms. The summed E-state index contributed by atoms with van der Waals surface area (Å²) < 4.78 is 14.6. The van der Waals surface area contributed by atoms with E-state index in [2.05, 4.69) is 21.4 Å². The van der Waals surface area contributed by atoms with Gasteiger partial charge in [0.25, 0.3) is 0 Å². The van der Waals surface area contributed by atoms with Crippen LogP contribution in [-0.4, -0.2) is 0 Å². The molecule has 0 amide bonds. The van der Waals surface area contributed by atoms with Crippen LogP contribution in [0.2, 0.25) is 5.02 Å². The second kappa shape index (κ2) is 5.46. The second-order valence-corrected chi connectivity index (χ2v) is 5.43. The van der Waals surface area contributed by atoms with Gasteiger partial charge in [-0.3, -0.25) is 5.84 Å². The number of benzene rings is 1. The number of hydrazine groups is 1. The van der Waals surface area contributed by atoms with Crippen molar-refractivity contribution in [3.8, 4) is 0 Å². The van der Waals surface area contributed by atoms with E-state index in [0.717, 1.165) is 5.56 Å². The van der Waals surface area contributed by atoms with Crippen LogP contribution in [0.25, 0.3) is 0 Å². The van der Waals surface area contributed by atoms with Crippen molar-refractivity contribution < 1.29 is 4.39 Å². The molecule has 0 aliphatic rings. The van der Waals surface area contributed by atoms with Crippen LogP contribution in [0.15, 0.2) is 33.4 Å². The molecule has 1 atom stereocenters. The van der Waals surface area contributed by atoms with E-state index in [1.807, 2.05) is 16.8 Å². The molecule has 3 N–H and O–H groups in total. The highest BCUT2D eigenvalue weighted by molar-refractivity contribution is 9.10. The van der Waals surface area contributed by atoms with Gasteiger partial charge in [0.1, 0.15) is 5.82 Å². The zero-order valence-electron chi connectivity index (χ0n) is 8.58. The van der Waals surface area contributed by atoms with Gasteiger partial charge in [-0.2, -0.15) is 11.3 Å². The fourth-order valence-electron chi connectivity index (χ4n) is 1.57. The van der Waals surface area contributed by atoms with E-state index in [-0.39, 0.29) is 5.02 Å². The minimum atomic E-state index is -0.463. The Kier molecular flexibility index (Phi) is 4.17. The molecule has 0 saturated heterocycles. The smallest absolute Gasteiger partial charge is 0.148 e. The molecule has 0 aliphatic heterocycles. The minimum Gasteiger partial charge on any atom is -0.271 e. The normalized spacial score (nSPS) is 12.7. The summed E-state index contributed by atoms with van der Waals surface area (Å²) >= 11 is 10.6. The van der Waals surface area contributed by atoms with Crippen molar-refractivity contribution in [2.24, 2.45) is 5.84 Å². The third-order valence-electron chi connectivity index (χ3n) is 2.42. The van der Waals surface area contributed by atoms with Gasteiger partial charge in [0.05, 0.1) is 11.1 Å². The molecule has 1 aromatic heterocycles. The standard InChI is InChI=1S/C11H9BrClFN2S/c12-8-2-1-7(10(14)9(8)13)11(16-15)6-3-4-17-5-6/h1-5,11,16H,15H2. The van der Waals surface area contributed by atoms with Gasteiger partial charge in [0, 0.05) is 10.0 Å². The van der Waals surface area contributed by atoms with Gasteiger partial charge in [0.2, 0.25) is 0 Å². The zero-order chi connectivity index (χ0) is 12.4. The molecule has 2 nitrogen and oxygen atoms in total. The van der Waals surface area contributed by atoms with Crippen LogP contribution >= 0.6 is 38.9 Å². The van der Waals surface area contributed by atoms with Crippen molar-refractivity contribution in [1.29, 1.82) is 0 Å². The van der Waals surface area contributed by atoms with Gasteiger partial charge in [-0.15, -0.1) is 0 Å². The number of rotatable bonds is 3. The zero-order valence-corrected chi connectivity index (χ0v) is 11.7. The van der Waals surface area contributed by atoms with Gasteiger partial charge in [-0.25, -0.2) is 9.82 Å². The molecule has 1 aromatic carbocycles. The maximum Gasteiger partial charge on any atom is 0.148 e. The first-order valence-electron chi connectivity index (χ1n) is 4.76. The van der Waals surface area contributed by atoms with Gasteiger partial charge >= 0.3 is 0 Å². The second-order valence-electron chi connectivity index (χ2n) is 3.42. The molecule has 0 radical (unpaired) electrons. The Morgan fingerprint density at radius 2 is 2.18 bits per heavy atom. The predicted molar refractivity (Wildman–Crippen MR) is 72.6 cm³/mol. The van der Waals surface area contributed by atoms with Crippen LogP contribution in [0.5, 0.6) is 0 Å². The van der Waals surface area contributed by atoms with Crippen LogP contribution < -0.4 is 11.3 Å². The third-order valence-corrected chi connectivity index (χ3v) is 4.38. The van der Waals surface area contributed by atoms with Crippen molar-refractivity contribution in [1.82, 2.24) is 5.43 Å². The van der Waals surface area contributed by atoms with E-state index in [4.69, 9.17) is 17.4 Å². The maximum atomic E-state index is 14.0. The van der Waals surface area contributed by atoms with Crippen LogP contribution in [0.3, 0.4) is 0 Å². The van der Waals surface area contributed by atoms with Gasteiger partial charge in [-0.05, 0) is 44.4 Å². The van der Waals surface area contributed by atoms with Crippen molar-refractivity contribution in [2.75, 3.05) is 0 Å². The average molecular weight is 336 g/mol. The van der Waals surface area contributed by atoms with E-state index >= 15 is 0 Å². The lowest BCUT2D eigenvalue weighted by Gasteiger charge is -2.17. The largest absolute Gasteiger partial charge is 0.271 e. The molecule has 1 heterocycles. The first kappa shape index (κ1) is 13.0. The highest BCUT2D eigenvalue weighted by Gasteiger charge is 2.19. The molecule has 2 rings (SSSR count). The number of hydrogen-bond acceptors (Lipinski definition) is 3. The van der Waals surface area contributed by atoms with E-state index in [0.29, 0.717) is 10.0 Å². The molecule has 0 bridgehead atoms. The van der Waals surface area contributed by atoms with E-state index < -0.39 is 11.9 Å². The molecule has 6 heteroatoms. The summed E-state index contributed by atoms with van der Waals surface area (Å²) in [5, 5.41) is 3.90. The van der Waals surface area contributed by atoms with Crippen LogP contribution in [0.4, 0.5) is 4.39 Å².